The molecule has 0 nitrogen and oxygen atoms in total. The maximum absolute atomic E-state index is 4.14. The van der Waals surface area contributed by atoms with Gasteiger partial charge in [-0.15, -0.1) is 6.58 Å². The highest BCUT2D eigenvalue weighted by molar-refractivity contribution is 5.42. The minimum absolute atomic E-state index is 0.235. The molecular formula is C15H19. The molecule has 0 spiro atoms. The second-order valence-corrected chi connectivity index (χ2v) is 4.39. The van der Waals surface area contributed by atoms with Gasteiger partial charge in [0.2, 0.25) is 0 Å². The van der Waals surface area contributed by atoms with Gasteiger partial charge in [-0.3, -0.25) is 0 Å². The highest BCUT2D eigenvalue weighted by atomic mass is 14.3. The zero-order chi connectivity index (χ0) is 10.8. The van der Waals surface area contributed by atoms with E-state index >= 15 is 0 Å². The molecule has 1 saturated carbocycles. The molecule has 1 aliphatic carbocycles. The van der Waals surface area contributed by atoms with Crippen molar-refractivity contribution in [2.45, 2.75) is 38.0 Å². The molecule has 1 aromatic rings. The minimum Gasteiger partial charge on any atom is -0.102 e. The van der Waals surface area contributed by atoms with Gasteiger partial charge >= 0.3 is 0 Å². The lowest BCUT2D eigenvalue weighted by atomic mass is 9.89. The van der Waals surface area contributed by atoms with Gasteiger partial charge in [0.25, 0.3) is 0 Å². The van der Waals surface area contributed by atoms with Crippen LogP contribution in [-0.4, -0.2) is 0 Å². The summed E-state index contributed by atoms with van der Waals surface area (Å²) in [5.74, 6) is 1.07. The van der Waals surface area contributed by atoms with E-state index in [-0.39, 0.29) is 5.92 Å². The molecule has 15 heavy (non-hydrogen) atoms. The Labute approximate surface area is 93.0 Å². The van der Waals surface area contributed by atoms with Crippen molar-refractivity contribution in [3.8, 4) is 0 Å². The molecule has 0 saturated heterocycles. The van der Waals surface area contributed by atoms with Gasteiger partial charge < -0.3 is 0 Å². The lowest BCUT2D eigenvalue weighted by Crippen LogP contribution is -2.00. The van der Waals surface area contributed by atoms with Crippen molar-refractivity contribution in [2.75, 3.05) is 0 Å². The Hall–Kier alpha value is -1.04. The number of hydrogen-bond donors (Lipinski definition) is 0. The summed E-state index contributed by atoms with van der Waals surface area (Å²) in [6, 6.07) is 6.66. The standard InChI is InChI=1S/C15H19/c1-4-11(3)14-7-6-8-15(12-9-10-12)13(14)5-2/h4,6-8,11-12H,1,3,5,9-10H2,2H3. The van der Waals surface area contributed by atoms with E-state index < -0.39 is 0 Å². The number of benzene rings is 1. The Balaban J connectivity index is 2.44. The molecule has 1 unspecified atom stereocenters. The van der Waals surface area contributed by atoms with Crippen molar-refractivity contribution in [1.29, 1.82) is 0 Å². The predicted octanol–water partition coefficient (Wildman–Crippen LogP) is 4.23. The second-order valence-electron chi connectivity index (χ2n) is 4.39. The molecule has 0 amide bonds. The van der Waals surface area contributed by atoms with Gasteiger partial charge in [-0.25, -0.2) is 0 Å². The lowest BCUT2D eigenvalue weighted by Gasteiger charge is -2.16. The summed E-state index contributed by atoms with van der Waals surface area (Å²) < 4.78 is 0. The average Bonchev–Trinajstić information content (AvgIpc) is 3.10. The second kappa shape index (κ2) is 4.22. The molecule has 1 atom stereocenters. The zero-order valence-corrected chi connectivity index (χ0v) is 9.50. The van der Waals surface area contributed by atoms with Crippen LogP contribution in [0.15, 0.2) is 30.9 Å². The summed E-state index contributed by atoms with van der Waals surface area (Å²) in [5.41, 5.74) is 4.45. The van der Waals surface area contributed by atoms with E-state index in [4.69, 9.17) is 0 Å². The summed E-state index contributed by atoms with van der Waals surface area (Å²) in [5, 5.41) is 0. The molecule has 2 rings (SSSR count). The first-order chi connectivity index (χ1) is 7.27. The fourth-order valence-corrected chi connectivity index (χ4v) is 2.28. The van der Waals surface area contributed by atoms with Gasteiger partial charge in [0.05, 0.1) is 0 Å². The number of hydrogen-bond acceptors (Lipinski definition) is 0. The van der Waals surface area contributed by atoms with Gasteiger partial charge in [-0.1, -0.05) is 31.2 Å². The zero-order valence-electron chi connectivity index (χ0n) is 9.50. The maximum Gasteiger partial charge on any atom is 0.00184 e. The van der Waals surface area contributed by atoms with Crippen LogP contribution >= 0.6 is 0 Å². The SMILES string of the molecule is [CH2]C(C=C)c1cccc(C2CC2)c1CC. The number of allylic oxidation sites excluding steroid dienone is 1. The van der Waals surface area contributed by atoms with E-state index in [1.54, 1.807) is 5.56 Å². The first kappa shape index (κ1) is 10.5. The summed E-state index contributed by atoms with van der Waals surface area (Å²) >= 11 is 0. The largest absolute Gasteiger partial charge is 0.102 e. The van der Waals surface area contributed by atoms with Crippen LogP contribution in [0.25, 0.3) is 0 Å². The van der Waals surface area contributed by atoms with Crippen molar-refractivity contribution in [3.63, 3.8) is 0 Å². The maximum atomic E-state index is 4.14. The monoisotopic (exact) mass is 199 g/mol. The molecule has 1 aromatic carbocycles. The van der Waals surface area contributed by atoms with E-state index in [0.29, 0.717) is 0 Å². The van der Waals surface area contributed by atoms with Crippen LogP contribution in [0.2, 0.25) is 0 Å². The first-order valence-corrected chi connectivity index (χ1v) is 5.85. The fraction of sp³-hybridized carbons (Fsp3) is 0.400. The molecule has 79 valence electrons. The summed E-state index contributed by atoms with van der Waals surface area (Å²) in [6.07, 6.45) is 5.78. The molecule has 0 bridgehead atoms. The van der Waals surface area contributed by atoms with Crippen LogP contribution in [0, 0.1) is 6.92 Å². The van der Waals surface area contributed by atoms with Gasteiger partial charge in [-0.2, -0.15) is 0 Å². The average molecular weight is 199 g/mol. The van der Waals surface area contributed by atoms with Crippen LogP contribution in [0.1, 0.15) is 48.3 Å². The molecule has 1 aliphatic rings. The Bertz CT molecular complexity index is 358. The van der Waals surface area contributed by atoms with E-state index in [1.807, 2.05) is 6.08 Å². The molecular weight excluding hydrogens is 180 g/mol. The third kappa shape index (κ3) is 1.99. The van der Waals surface area contributed by atoms with Crippen molar-refractivity contribution in [1.82, 2.24) is 0 Å². The Morgan fingerprint density at radius 1 is 1.47 bits per heavy atom. The Kier molecular flexibility index (Phi) is 2.95. The van der Waals surface area contributed by atoms with Gasteiger partial charge in [0, 0.05) is 5.92 Å². The summed E-state index contributed by atoms with van der Waals surface area (Å²) in [6.45, 7) is 10.2. The van der Waals surface area contributed by atoms with Crippen molar-refractivity contribution < 1.29 is 0 Å². The Morgan fingerprint density at radius 2 is 2.20 bits per heavy atom. The highest BCUT2D eigenvalue weighted by Gasteiger charge is 2.26. The quantitative estimate of drug-likeness (QED) is 0.636. The predicted molar refractivity (Wildman–Crippen MR) is 66.1 cm³/mol. The summed E-state index contributed by atoms with van der Waals surface area (Å²) in [7, 11) is 0. The van der Waals surface area contributed by atoms with Crippen LogP contribution in [-0.2, 0) is 6.42 Å². The minimum atomic E-state index is 0.235. The number of rotatable bonds is 4. The van der Waals surface area contributed by atoms with E-state index in [0.717, 1.165) is 12.3 Å². The molecule has 0 N–H and O–H groups in total. The normalized spacial score (nSPS) is 17.5. The Morgan fingerprint density at radius 3 is 2.73 bits per heavy atom. The molecule has 1 radical (unpaired) electrons. The smallest absolute Gasteiger partial charge is 0.00184 e. The fourth-order valence-electron chi connectivity index (χ4n) is 2.28. The van der Waals surface area contributed by atoms with Crippen molar-refractivity contribution in [3.05, 3.63) is 54.5 Å². The molecule has 0 aromatic heterocycles. The third-order valence-electron chi connectivity index (χ3n) is 3.30. The molecule has 1 fully saturated rings. The molecule has 0 aliphatic heterocycles. The van der Waals surface area contributed by atoms with Crippen LogP contribution in [0.3, 0.4) is 0 Å². The summed E-state index contributed by atoms with van der Waals surface area (Å²) in [4.78, 5) is 0. The van der Waals surface area contributed by atoms with Crippen LogP contribution in [0.5, 0.6) is 0 Å². The molecule has 0 heterocycles. The molecule has 0 heteroatoms. The van der Waals surface area contributed by atoms with Crippen LogP contribution in [0.4, 0.5) is 0 Å². The topological polar surface area (TPSA) is 0 Å². The lowest BCUT2D eigenvalue weighted by molar-refractivity contribution is 0.958. The van der Waals surface area contributed by atoms with Crippen molar-refractivity contribution in [2.24, 2.45) is 0 Å². The third-order valence-corrected chi connectivity index (χ3v) is 3.30. The van der Waals surface area contributed by atoms with E-state index in [2.05, 4.69) is 38.6 Å². The first-order valence-electron chi connectivity index (χ1n) is 5.85. The van der Waals surface area contributed by atoms with Crippen LogP contribution < -0.4 is 0 Å². The van der Waals surface area contributed by atoms with Gasteiger partial charge in [0.1, 0.15) is 0 Å². The van der Waals surface area contributed by atoms with E-state index in [1.165, 1.54) is 24.0 Å². The van der Waals surface area contributed by atoms with E-state index in [9.17, 15) is 0 Å². The highest BCUT2D eigenvalue weighted by Crippen LogP contribution is 2.43. The van der Waals surface area contributed by atoms with Gasteiger partial charge in [-0.05, 0) is 48.8 Å². The van der Waals surface area contributed by atoms with Crippen molar-refractivity contribution >= 4 is 0 Å². The van der Waals surface area contributed by atoms with Gasteiger partial charge in [0.15, 0.2) is 0 Å².